The Hall–Kier alpha value is -1.58. The number of aryl methyl sites for hydroxylation is 2. The molecule has 2 aromatic rings. The normalized spacial score (nSPS) is 10.6. The zero-order valence-electron chi connectivity index (χ0n) is 12.0. The van der Waals surface area contributed by atoms with Crippen LogP contribution in [0.1, 0.15) is 23.6 Å². The summed E-state index contributed by atoms with van der Waals surface area (Å²) in [6, 6.07) is 7.69. The van der Waals surface area contributed by atoms with Gasteiger partial charge in [-0.25, -0.2) is 4.98 Å². The molecule has 1 N–H and O–H groups in total. The molecule has 0 aliphatic heterocycles. The van der Waals surface area contributed by atoms with Gasteiger partial charge in [-0.15, -0.1) is 0 Å². The molecule has 106 valence electrons. The van der Waals surface area contributed by atoms with Crippen LogP contribution >= 0.6 is 11.6 Å². The summed E-state index contributed by atoms with van der Waals surface area (Å²) in [5.41, 5.74) is 3.20. The van der Waals surface area contributed by atoms with E-state index in [0.29, 0.717) is 10.9 Å². The van der Waals surface area contributed by atoms with Crippen molar-refractivity contribution in [3.8, 4) is 11.6 Å². The first-order chi connectivity index (χ1) is 9.60. The number of benzene rings is 1. The molecule has 0 saturated carbocycles. The van der Waals surface area contributed by atoms with Gasteiger partial charge in [0.1, 0.15) is 5.75 Å². The summed E-state index contributed by atoms with van der Waals surface area (Å²) in [4.78, 5) is 4.39. The van der Waals surface area contributed by atoms with Crippen LogP contribution in [0, 0.1) is 13.8 Å². The largest absolute Gasteiger partial charge is 0.438 e. The number of nitrogens with zero attached hydrogens (tertiary/aromatic N) is 1. The maximum absolute atomic E-state index is 6.00. The van der Waals surface area contributed by atoms with Crippen LogP contribution in [0.4, 0.5) is 0 Å². The van der Waals surface area contributed by atoms with Crippen molar-refractivity contribution in [1.82, 2.24) is 10.3 Å². The van der Waals surface area contributed by atoms with E-state index in [9.17, 15) is 0 Å². The first-order valence-corrected chi connectivity index (χ1v) is 7.08. The predicted octanol–water partition coefficient (Wildman–Crippen LogP) is 4.25. The second kappa shape index (κ2) is 6.73. The van der Waals surface area contributed by atoms with Gasteiger partial charge in [-0.05, 0) is 49.7 Å². The molecule has 4 heteroatoms. The van der Waals surface area contributed by atoms with Gasteiger partial charge in [0.25, 0.3) is 0 Å². The van der Waals surface area contributed by atoms with Crippen molar-refractivity contribution in [2.24, 2.45) is 0 Å². The van der Waals surface area contributed by atoms with Crippen molar-refractivity contribution in [2.75, 3.05) is 6.54 Å². The summed E-state index contributed by atoms with van der Waals surface area (Å²) in [7, 11) is 0. The van der Waals surface area contributed by atoms with Crippen molar-refractivity contribution in [3.05, 3.63) is 52.2 Å². The van der Waals surface area contributed by atoms with E-state index in [2.05, 4.69) is 23.3 Å². The summed E-state index contributed by atoms with van der Waals surface area (Å²) in [5, 5.41) is 3.94. The van der Waals surface area contributed by atoms with E-state index in [4.69, 9.17) is 16.3 Å². The van der Waals surface area contributed by atoms with Gasteiger partial charge in [0.2, 0.25) is 5.88 Å². The Bertz CT molecular complexity index is 599. The highest BCUT2D eigenvalue weighted by atomic mass is 35.5. The van der Waals surface area contributed by atoms with E-state index < -0.39 is 0 Å². The van der Waals surface area contributed by atoms with Crippen LogP contribution in [0.25, 0.3) is 0 Å². The molecule has 0 saturated heterocycles. The second-order valence-corrected chi connectivity index (χ2v) is 5.19. The molecule has 0 radical (unpaired) electrons. The van der Waals surface area contributed by atoms with Crippen LogP contribution in [0.3, 0.4) is 0 Å². The highest BCUT2D eigenvalue weighted by Crippen LogP contribution is 2.28. The van der Waals surface area contributed by atoms with Gasteiger partial charge in [0, 0.05) is 23.3 Å². The number of aromatic nitrogens is 1. The molecule has 0 aliphatic rings. The summed E-state index contributed by atoms with van der Waals surface area (Å²) < 4.78 is 5.86. The third kappa shape index (κ3) is 3.71. The van der Waals surface area contributed by atoms with Gasteiger partial charge in [-0.1, -0.05) is 24.6 Å². The third-order valence-electron chi connectivity index (χ3n) is 3.02. The molecule has 0 atom stereocenters. The molecule has 20 heavy (non-hydrogen) atoms. The van der Waals surface area contributed by atoms with E-state index in [-0.39, 0.29) is 0 Å². The summed E-state index contributed by atoms with van der Waals surface area (Å²) in [6.07, 6.45) is 1.84. The Morgan fingerprint density at radius 1 is 1.20 bits per heavy atom. The van der Waals surface area contributed by atoms with E-state index in [1.54, 1.807) is 0 Å². The predicted molar refractivity (Wildman–Crippen MR) is 82.6 cm³/mol. The fourth-order valence-corrected chi connectivity index (χ4v) is 2.04. The number of hydrogen-bond donors (Lipinski definition) is 1. The van der Waals surface area contributed by atoms with Crippen LogP contribution in [-0.4, -0.2) is 11.5 Å². The van der Waals surface area contributed by atoms with Crippen LogP contribution in [-0.2, 0) is 6.54 Å². The molecule has 2 rings (SSSR count). The fourth-order valence-electron chi connectivity index (χ4n) is 1.88. The van der Waals surface area contributed by atoms with Gasteiger partial charge in [-0.2, -0.15) is 0 Å². The van der Waals surface area contributed by atoms with Gasteiger partial charge in [0.05, 0.1) is 0 Å². The number of rotatable bonds is 5. The summed E-state index contributed by atoms with van der Waals surface area (Å²) in [6.45, 7) is 7.83. The van der Waals surface area contributed by atoms with E-state index in [1.807, 2.05) is 38.2 Å². The second-order valence-electron chi connectivity index (χ2n) is 4.76. The number of halogens is 1. The van der Waals surface area contributed by atoms with Crippen LogP contribution < -0.4 is 10.1 Å². The lowest BCUT2D eigenvalue weighted by atomic mass is 10.2. The van der Waals surface area contributed by atoms with Crippen molar-refractivity contribution in [3.63, 3.8) is 0 Å². The highest BCUT2D eigenvalue weighted by molar-refractivity contribution is 6.30. The number of hydrogen-bond acceptors (Lipinski definition) is 3. The average Bonchev–Trinajstić information content (AvgIpc) is 2.43. The quantitative estimate of drug-likeness (QED) is 0.894. The molecule has 1 heterocycles. The van der Waals surface area contributed by atoms with Crippen molar-refractivity contribution in [2.45, 2.75) is 27.3 Å². The van der Waals surface area contributed by atoms with Crippen molar-refractivity contribution >= 4 is 11.6 Å². The van der Waals surface area contributed by atoms with E-state index in [0.717, 1.165) is 35.5 Å². The van der Waals surface area contributed by atoms with Crippen molar-refractivity contribution < 1.29 is 4.74 Å². The monoisotopic (exact) mass is 290 g/mol. The van der Waals surface area contributed by atoms with Crippen LogP contribution in [0.2, 0.25) is 5.02 Å². The first-order valence-electron chi connectivity index (χ1n) is 6.70. The molecule has 1 aromatic carbocycles. The number of ether oxygens (including phenoxy) is 1. The summed E-state index contributed by atoms with van der Waals surface area (Å²) in [5.74, 6) is 1.36. The van der Waals surface area contributed by atoms with Gasteiger partial charge in [-0.3, -0.25) is 0 Å². The minimum absolute atomic E-state index is 0.621. The standard InChI is InChI=1S/C16H19ClN2O/c1-4-18-9-13-7-12(3)16(19-10-13)20-15-8-14(17)6-5-11(15)2/h5-8,10,18H,4,9H2,1-3H3. The van der Waals surface area contributed by atoms with E-state index >= 15 is 0 Å². The number of nitrogens with one attached hydrogen (secondary N) is 1. The Morgan fingerprint density at radius 3 is 2.70 bits per heavy atom. The van der Waals surface area contributed by atoms with Crippen LogP contribution in [0.15, 0.2) is 30.5 Å². The fraction of sp³-hybridized carbons (Fsp3) is 0.312. The lowest BCUT2D eigenvalue weighted by molar-refractivity contribution is 0.455. The first kappa shape index (κ1) is 14.8. The zero-order valence-corrected chi connectivity index (χ0v) is 12.8. The smallest absolute Gasteiger partial charge is 0.222 e. The molecule has 0 fully saturated rings. The SMILES string of the molecule is CCNCc1cnc(Oc2cc(Cl)ccc2C)c(C)c1. The Morgan fingerprint density at radius 2 is 2.00 bits per heavy atom. The maximum atomic E-state index is 6.00. The number of pyridine rings is 1. The molecular weight excluding hydrogens is 272 g/mol. The van der Waals surface area contributed by atoms with Crippen molar-refractivity contribution in [1.29, 1.82) is 0 Å². The molecular formula is C16H19ClN2O. The molecule has 3 nitrogen and oxygen atoms in total. The highest BCUT2D eigenvalue weighted by Gasteiger charge is 2.07. The van der Waals surface area contributed by atoms with Gasteiger partial charge in [0.15, 0.2) is 0 Å². The Balaban J connectivity index is 2.19. The topological polar surface area (TPSA) is 34.2 Å². The van der Waals surface area contributed by atoms with E-state index in [1.165, 1.54) is 0 Å². The third-order valence-corrected chi connectivity index (χ3v) is 3.26. The lowest BCUT2D eigenvalue weighted by Crippen LogP contribution is -2.12. The molecule has 0 unspecified atom stereocenters. The Labute approximate surface area is 124 Å². The lowest BCUT2D eigenvalue weighted by Gasteiger charge is -2.11. The Kier molecular flexibility index (Phi) is 4.99. The minimum Gasteiger partial charge on any atom is -0.438 e. The molecule has 0 aliphatic carbocycles. The minimum atomic E-state index is 0.621. The molecule has 0 spiro atoms. The molecule has 0 amide bonds. The molecule has 1 aromatic heterocycles. The van der Waals surface area contributed by atoms with Crippen LogP contribution in [0.5, 0.6) is 11.6 Å². The summed E-state index contributed by atoms with van der Waals surface area (Å²) >= 11 is 6.00. The van der Waals surface area contributed by atoms with Gasteiger partial charge < -0.3 is 10.1 Å². The average molecular weight is 291 g/mol. The van der Waals surface area contributed by atoms with Gasteiger partial charge >= 0.3 is 0 Å². The maximum Gasteiger partial charge on any atom is 0.222 e. The zero-order chi connectivity index (χ0) is 14.5. The molecule has 0 bridgehead atoms.